The van der Waals surface area contributed by atoms with Crippen LogP contribution in [-0.2, 0) is 34.9 Å². The highest BCUT2D eigenvalue weighted by Gasteiger charge is 2.69. The molecule has 1 unspecified atom stereocenters. The van der Waals surface area contributed by atoms with E-state index in [0.29, 0.717) is 4.57 Å². The first-order valence-electron chi connectivity index (χ1n) is 8.31. The first-order chi connectivity index (χ1) is 13.8. The van der Waals surface area contributed by atoms with Crippen molar-refractivity contribution in [3.05, 3.63) is 32.6 Å². The molecule has 1 aromatic heterocycles. The van der Waals surface area contributed by atoms with Crippen LogP contribution in [0.1, 0.15) is 5.56 Å². The van der Waals surface area contributed by atoms with Crippen LogP contribution in [0.4, 0.5) is 4.39 Å². The summed E-state index contributed by atoms with van der Waals surface area (Å²) in [7, 11) is -8.83. The summed E-state index contributed by atoms with van der Waals surface area (Å²) in [6, 6.07) is 0. The standard InChI is InChI=1S/C10H18B3FN2O13P2/c11-9(16-1-3(2-17)6(20)15-7(16)21)5(19)4(18)8(14,27-9)10(12,13)28-31(25,26)29-30(22,23)24/h1,4-5,17-19H,2,11-13H2,(H,25,26)(H,15,20,21)(H2,22,23,24)/t4-,5+,8-,9-/m0/s1. The lowest BCUT2D eigenvalue weighted by atomic mass is 9.59. The molecule has 7 N–H and O–H groups in total. The molecule has 0 aromatic carbocycles. The van der Waals surface area contributed by atoms with Crippen molar-refractivity contribution in [2.75, 3.05) is 0 Å². The lowest BCUT2D eigenvalue weighted by Crippen LogP contribution is -2.60. The molecule has 0 spiro atoms. The Hall–Kier alpha value is -1.10. The molecule has 0 bridgehead atoms. The summed E-state index contributed by atoms with van der Waals surface area (Å²) in [5.74, 6) is -3.58. The van der Waals surface area contributed by atoms with E-state index in [2.05, 4.69) is 8.83 Å². The van der Waals surface area contributed by atoms with Crippen molar-refractivity contribution >= 4 is 39.2 Å². The second kappa shape index (κ2) is 8.04. The van der Waals surface area contributed by atoms with Gasteiger partial charge in [0.25, 0.3) is 11.4 Å². The van der Waals surface area contributed by atoms with E-state index in [-0.39, 0.29) is 5.56 Å². The number of H-pyrrole nitrogens is 1. The third-order valence-electron chi connectivity index (χ3n) is 4.62. The van der Waals surface area contributed by atoms with Gasteiger partial charge in [-0.2, -0.15) is 4.31 Å². The number of alkyl halides is 1. The fourth-order valence-electron chi connectivity index (χ4n) is 3.04. The number of aromatic nitrogens is 2. The number of hydrogen-bond acceptors (Lipinski definition) is 10. The van der Waals surface area contributed by atoms with Gasteiger partial charge in [-0.3, -0.25) is 18.9 Å². The molecule has 15 nitrogen and oxygen atoms in total. The minimum Gasteiger partial charge on any atom is -0.391 e. The summed E-state index contributed by atoms with van der Waals surface area (Å²) in [4.78, 5) is 52.5. The number of aliphatic hydroxyl groups excluding tert-OH is 3. The Kier molecular flexibility index (Phi) is 6.79. The highest BCUT2D eigenvalue weighted by molar-refractivity contribution is 7.60. The lowest BCUT2D eigenvalue weighted by molar-refractivity contribution is -0.239. The summed E-state index contributed by atoms with van der Waals surface area (Å²) < 4.78 is 52.1. The average molecular weight is 488 g/mol. The highest BCUT2D eigenvalue weighted by atomic mass is 31.3. The van der Waals surface area contributed by atoms with Crippen molar-refractivity contribution in [3.8, 4) is 0 Å². The van der Waals surface area contributed by atoms with Gasteiger partial charge in [0.05, 0.1) is 17.6 Å². The van der Waals surface area contributed by atoms with Crippen molar-refractivity contribution < 1.29 is 57.1 Å². The number of hydrogen-bond donors (Lipinski definition) is 7. The monoisotopic (exact) mass is 488 g/mol. The lowest BCUT2D eigenvalue weighted by Gasteiger charge is -2.40. The zero-order valence-electron chi connectivity index (χ0n) is 16.2. The molecule has 0 radical (unpaired) electrons. The summed E-state index contributed by atoms with van der Waals surface area (Å²) in [5, 5.41) is 27.2. The van der Waals surface area contributed by atoms with Crippen molar-refractivity contribution in [3.63, 3.8) is 0 Å². The number of ether oxygens (including phenoxy) is 1. The Morgan fingerprint density at radius 1 is 1.26 bits per heavy atom. The van der Waals surface area contributed by atoms with Crippen molar-refractivity contribution in [1.29, 1.82) is 0 Å². The summed E-state index contributed by atoms with van der Waals surface area (Å²) >= 11 is 0. The van der Waals surface area contributed by atoms with Crippen LogP contribution < -0.4 is 11.2 Å². The van der Waals surface area contributed by atoms with Crippen LogP contribution in [-0.4, -0.2) is 86.6 Å². The van der Waals surface area contributed by atoms with E-state index in [4.69, 9.17) is 14.5 Å². The molecule has 31 heavy (non-hydrogen) atoms. The maximum Gasteiger partial charge on any atom is 0.480 e. The average Bonchev–Trinajstić information content (AvgIpc) is 2.74. The largest absolute Gasteiger partial charge is 0.480 e. The van der Waals surface area contributed by atoms with Crippen LogP contribution in [0.25, 0.3) is 0 Å². The summed E-state index contributed by atoms with van der Waals surface area (Å²) in [5.41, 5.74) is -5.04. The number of aliphatic hydroxyl groups is 3. The molecular formula is C10H18B3FN2O13P2. The molecule has 0 aliphatic carbocycles. The molecule has 1 fully saturated rings. The predicted molar refractivity (Wildman–Crippen MR) is 105 cm³/mol. The van der Waals surface area contributed by atoms with Crippen LogP contribution in [0.2, 0.25) is 0 Å². The third-order valence-corrected chi connectivity index (χ3v) is 6.99. The smallest absolute Gasteiger partial charge is 0.391 e. The van der Waals surface area contributed by atoms with E-state index in [0.717, 1.165) is 29.7 Å². The third kappa shape index (κ3) is 4.82. The number of rotatable bonds is 7. The number of aromatic amines is 1. The van der Waals surface area contributed by atoms with Crippen LogP contribution in [0, 0.1) is 0 Å². The Morgan fingerprint density at radius 3 is 2.29 bits per heavy atom. The quantitative estimate of drug-likeness (QED) is 0.140. The van der Waals surface area contributed by atoms with Gasteiger partial charge in [0.2, 0.25) is 0 Å². The van der Waals surface area contributed by atoms with Crippen LogP contribution in [0.5, 0.6) is 0 Å². The molecule has 2 heterocycles. The molecule has 1 aromatic rings. The number of phosphoric acid groups is 2. The predicted octanol–water partition coefficient (Wildman–Crippen LogP) is -6.16. The second-order valence-corrected chi connectivity index (χ2v) is 10.0. The van der Waals surface area contributed by atoms with Gasteiger partial charge in [-0.15, -0.1) is 0 Å². The number of halogens is 1. The number of phosphoric ester groups is 1. The molecule has 5 atom stereocenters. The van der Waals surface area contributed by atoms with Gasteiger partial charge in [0.15, 0.2) is 7.85 Å². The normalized spacial score (nSPS) is 31.5. The Balaban J connectivity index is 2.53. The summed E-state index contributed by atoms with van der Waals surface area (Å²) in [6.07, 6.45) is -4.07. The minimum absolute atomic E-state index is 0.382. The molecule has 0 saturated carbocycles. The zero-order valence-corrected chi connectivity index (χ0v) is 18.0. The van der Waals surface area contributed by atoms with Crippen molar-refractivity contribution in [1.82, 2.24) is 9.55 Å². The van der Waals surface area contributed by atoms with E-state index in [1.807, 2.05) is 0 Å². The summed E-state index contributed by atoms with van der Waals surface area (Å²) in [6.45, 7) is -0.854. The molecule has 1 aliphatic rings. The molecule has 172 valence electrons. The number of nitrogens with zero attached hydrogens (tertiary/aromatic N) is 1. The Bertz CT molecular complexity index is 1080. The molecule has 0 amide bonds. The Morgan fingerprint density at radius 2 is 1.81 bits per heavy atom. The van der Waals surface area contributed by atoms with Crippen LogP contribution in [0.3, 0.4) is 0 Å². The fourth-order valence-corrected chi connectivity index (χ4v) is 4.95. The van der Waals surface area contributed by atoms with E-state index in [9.17, 15) is 38.9 Å². The second-order valence-electron chi connectivity index (χ2n) is 7.28. The van der Waals surface area contributed by atoms with Crippen molar-refractivity contribution in [2.24, 2.45) is 0 Å². The van der Waals surface area contributed by atoms with Gasteiger partial charge >= 0.3 is 21.3 Å². The minimum atomic E-state index is -5.64. The van der Waals surface area contributed by atoms with E-state index in [1.54, 1.807) is 4.98 Å². The van der Waals surface area contributed by atoms with Crippen LogP contribution >= 0.6 is 15.6 Å². The SMILES string of the molecule is BC(B)(OP(=O)(O)OP(=O)(O)O)[C@@]1(F)O[C@@](B)(n2cc(CO)c(=O)[nH]c2=O)[C@H](O)[C@@H]1O. The van der Waals surface area contributed by atoms with Gasteiger partial charge in [-0.25, -0.2) is 18.3 Å². The van der Waals surface area contributed by atoms with Crippen LogP contribution in [0.15, 0.2) is 15.8 Å². The molecule has 1 saturated heterocycles. The maximum absolute atomic E-state index is 15.8. The first-order valence-corrected chi connectivity index (χ1v) is 11.3. The fraction of sp³-hybridized carbons (Fsp3) is 0.600. The first kappa shape index (κ1) is 26.2. The van der Waals surface area contributed by atoms with Gasteiger partial charge < -0.3 is 34.7 Å². The van der Waals surface area contributed by atoms with Gasteiger partial charge in [-0.05, 0) is 0 Å². The molecule has 21 heteroatoms. The van der Waals surface area contributed by atoms with E-state index in [1.165, 1.54) is 0 Å². The van der Waals surface area contributed by atoms with Gasteiger partial charge in [0.1, 0.15) is 33.5 Å². The van der Waals surface area contributed by atoms with Crippen molar-refractivity contribution in [2.45, 2.75) is 35.7 Å². The zero-order chi connectivity index (χ0) is 24.2. The highest BCUT2D eigenvalue weighted by Crippen LogP contribution is 2.61. The van der Waals surface area contributed by atoms with Gasteiger partial charge in [0, 0.05) is 6.20 Å². The Labute approximate surface area is 174 Å². The molecule has 1 aliphatic heterocycles. The molecule has 2 rings (SSSR count). The number of nitrogens with one attached hydrogen (secondary N) is 1. The van der Waals surface area contributed by atoms with E-state index < -0.39 is 62.6 Å². The maximum atomic E-state index is 15.8. The van der Waals surface area contributed by atoms with Gasteiger partial charge in [-0.1, -0.05) is 0 Å². The topological polar surface area (TPSA) is 238 Å². The molecular weight excluding hydrogens is 469 g/mol. The van der Waals surface area contributed by atoms with E-state index >= 15 is 4.39 Å².